The van der Waals surface area contributed by atoms with E-state index in [0.29, 0.717) is 18.8 Å². The monoisotopic (exact) mass is 315 g/mol. The predicted molar refractivity (Wildman–Crippen MR) is 86.4 cm³/mol. The summed E-state index contributed by atoms with van der Waals surface area (Å²) in [5, 5.41) is 9.50. The van der Waals surface area contributed by atoms with Gasteiger partial charge in [-0.05, 0) is 24.8 Å². The standard InChI is InChI=1S/C17H21N3O3/c21-12-14-8-4-5-9-19(14)16(22)15-10-18-17(23)20(15)11-13-6-2-1-3-7-13/h1-3,6-7,10,14,21H,4-5,8-9,11-12H2,(H,18,23). The van der Waals surface area contributed by atoms with Gasteiger partial charge in [-0.25, -0.2) is 4.79 Å². The lowest BCUT2D eigenvalue weighted by Gasteiger charge is -2.34. The zero-order chi connectivity index (χ0) is 16.2. The maximum atomic E-state index is 12.8. The van der Waals surface area contributed by atoms with Crippen molar-refractivity contribution in [3.63, 3.8) is 0 Å². The highest BCUT2D eigenvalue weighted by Gasteiger charge is 2.29. The maximum absolute atomic E-state index is 12.8. The highest BCUT2D eigenvalue weighted by molar-refractivity contribution is 5.92. The number of piperidine rings is 1. The molecule has 0 radical (unpaired) electrons. The van der Waals surface area contributed by atoms with Gasteiger partial charge in [0.1, 0.15) is 5.69 Å². The number of aromatic nitrogens is 2. The Morgan fingerprint density at radius 3 is 2.78 bits per heavy atom. The summed E-state index contributed by atoms with van der Waals surface area (Å²) in [5.41, 5.74) is 1.01. The second kappa shape index (κ2) is 6.83. The summed E-state index contributed by atoms with van der Waals surface area (Å²) in [5.74, 6) is -0.196. The van der Waals surface area contributed by atoms with Crippen molar-refractivity contribution < 1.29 is 9.90 Å². The van der Waals surface area contributed by atoms with E-state index in [4.69, 9.17) is 0 Å². The second-order valence-electron chi connectivity index (χ2n) is 5.88. The molecular formula is C17H21N3O3. The van der Waals surface area contributed by atoms with E-state index in [1.807, 2.05) is 30.3 Å². The van der Waals surface area contributed by atoms with Gasteiger partial charge in [-0.15, -0.1) is 0 Å². The molecule has 3 rings (SSSR count). The maximum Gasteiger partial charge on any atom is 0.326 e. The molecule has 2 N–H and O–H groups in total. The summed E-state index contributed by atoms with van der Waals surface area (Å²) >= 11 is 0. The van der Waals surface area contributed by atoms with Crippen molar-refractivity contribution in [1.82, 2.24) is 14.5 Å². The normalized spacial score (nSPS) is 18.1. The molecule has 0 aliphatic carbocycles. The molecule has 0 spiro atoms. The Labute approximate surface area is 134 Å². The predicted octanol–water partition coefficient (Wildman–Crippen LogP) is 1.21. The zero-order valence-corrected chi connectivity index (χ0v) is 12.9. The number of hydrogen-bond donors (Lipinski definition) is 2. The van der Waals surface area contributed by atoms with Gasteiger partial charge in [0.2, 0.25) is 0 Å². The van der Waals surface area contributed by atoms with Crippen molar-refractivity contribution in [2.24, 2.45) is 0 Å². The molecule has 1 amide bonds. The Balaban J connectivity index is 1.88. The molecule has 23 heavy (non-hydrogen) atoms. The first-order valence-electron chi connectivity index (χ1n) is 7.94. The van der Waals surface area contributed by atoms with Crippen molar-refractivity contribution in [3.8, 4) is 0 Å². The van der Waals surface area contributed by atoms with Gasteiger partial charge in [0.15, 0.2) is 0 Å². The fraction of sp³-hybridized carbons (Fsp3) is 0.412. The number of nitrogens with one attached hydrogen (secondary N) is 1. The lowest BCUT2D eigenvalue weighted by molar-refractivity contribution is 0.0492. The quantitative estimate of drug-likeness (QED) is 0.890. The number of carbonyl (C=O) groups excluding carboxylic acids is 1. The van der Waals surface area contributed by atoms with Crippen molar-refractivity contribution in [2.75, 3.05) is 13.2 Å². The molecule has 1 unspecified atom stereocenters. The smallest absolute Gasteiger partial charge is 0.326 e. The Hall–Kier alpha value is -2.34. The van der Waals surface area contributed by atoms with Gasteiger partial charge in [0, 0.05) is 12.7 Å². The van der Waals surface area contributed by atoms with Gasteiger partial charge in [-0.2, -0.15) is 0 Å². The number of benzene rings is 1. The molecule has 1 aromatic heterocycles. The van der Waals surface area contributed by atoms with Crippen LogP contribution in [0.25, 0.3) is 0 Å². The number of aromatic amines is 1. The third kappa shape index (κ3) is 3.22. The van der Waals surface area contributed by atoms with E-state index in [0.717, 1.165) is 24.8 Å². The van der Waals surface area contributed by atoms with Crippen LogP contribution >= 0.6 is 0 Å². The number of imidazole rings is 1. The third-order valence-corrected chi connectivity index (χ3v) is 4.37. The van der Waals surface area contributed by atoms with Crippen LogP contribution in [0.1, 0.15) is 35.3 Å². The van der Waals surface area contributed by atoms with E-state index in [1.165, 1.54) is 10.8 Å². The van der Waals surface area contributed by atoms with Gasteiger partial charge in [0.25, 0.3) is 5.91 Å². The zero-order valence-electron chi connectivity index (χ0n) is 12.9. The van der Waals surface area contributed by atoms with Crippen LogP contribution in [0.4, 0.5) is 0 Å². The second-order valence-corrected chi connectivity index (χ2v) is 5.88. The molecule has 6 nitrogen and oxygen atoms in total. The number of nitrogens with zero attached hydrogens (tertiary/aromatic N) is 2. The Morgan fingerprint density at radius 2 is 2.04 bits per heavy atom. The molecule has 2 aromatic rings. The lowest BCUT2D eigenvalue weighted by atomic mass is 10.0. The highest BCUT2D eigenvalue weighted by atomic mass is 16.3. The molecule has 0 saturated carbocycles. The first-order chi connectivity index (χ1) is 11.2. The number of amides is 1. The van der Waals surface area contributed by atoms with Crippen LogP contribution in [0.15, 0.2) is 41.3 Å². The lowest BCUT2D eigenvalue weighted by Crippen LogP contribution is -2.46. The number of aliphatic hydroxyl groups excluding tert-OH is 1. The van der Waals surface area contributed by atoms with E-state index in [2.05, 4.69) is 4.98 Å². The molecule has 1 aliphatic rings. The van der Waals surface area contributed by atoms with Crippen LogP contribution in [-0.4, -0.2) is 44.7 Å². The Kier molecular flexibility index (Phi) is 4.62. The highest BCUT2D eigenvalue weighted by Crippen LogP contribution is 2.19. The van der Waals surface area contributed by atoms with Crippen LogP contribution in [0.3, 0.4) is 0 Å². The van der Waals surface area contributed by atoms with Crippen molar-refractivity contribution in [2.45, 2.75) is 31.8 Å². The molecule has 1 aliphatic heterocycles. The summed E-state index contributed by atoms with van der Waals surface area (Å²) in [6.07, 6.45) is 4.21. The average molecular weight is 315 g/mol. The minimum Gasteiger partial charge on any atom is -0.394 e. The number of aliphatic hydroxyl groups is 1. The molecular weight excluding hydrogens is 294 g/mol. The van der Waals surface area contributed by atoms with Crippen molar-refractivity contribution >= 4 is 5.91 Å². The number of rotatable bonds is 4. The van der Waals surface area contributed by atoms with Gasteiger partial charge in [-0.1, -0.05) is 30.3 Å². The molecule has 1 aromatic carbocycles. The minimum absolute atomic E-state index is 0.0426. The van der Waals surface area contributed by atoms with Crippen molar-refractivity contribution in [3.05, 3.63) is 58.3 Å². The summed E-state index contributed by atoms with van der Waals surface area (Å²) in [6.45, 7) is 0.926. The number of H-pyrrole nitrogens is 1. The van der Waals surface area contributed by atoms with E-state index >= 15 is 0 Å². The summed E-state index contributed by atoms with van der Waals surface area (Å²) in [4.78, 5) is 29.2. The topological polar surface area (TPSA) is 78.3 Å². The molecule has 122 valence electrons. The number of hydrogen-bond acceptors (Lipinski definition) is 3. The van der Waals surface area contributed by atoms with Gasteiger partial charge in [-0.3, -0.25) is 9.36 Å². The Morgan fingerprint density at radius 1 is 1.26 bits per heavy atom. The van der Waals surface area contributed by atoms with Crippen LogP contribution < -0.4 is 5.69 Å². The van der Waals surface area contributed by atoms with Crippen LogP contribution in [-0.2, 0) is 6.54 Å². The summed E-state index contributed by atoms with van der Waals surface area (Å²) < 4.78 is 1.46. The van der Waals surface area contributed by atoms with Gasteiger partial charge < -0.3 is 15.0 Å². The van der Waals surface area contributed by atoms with Crippen LogP contribution in [0.5, 0.6) is 0 Å². The largest absolute Gasteiger partial charge is 0.394 e. The molecule has 1 atom stereocenters. The first-order valence-corrected chi connectivity index (χ1v) is 7.94. The van der Waals surface area contributed by atoms with E-state index in [-0.39, 0.29) is 24.2 Å². The molecule has 0 bridgehead atoms. The first kappa shape index (κ1) is 15.6. The van der Waals surface area contributed by atoms with E-state index in [9.17, 15) is 14.7 Å². The minimum atomic E-state index is -0.297. The van der Waals surface area contributed by atoms with Crippen molar-refractivity contribution in [1.29, 1.82) is 0 Å². The number of carbonyl (C=O) groups is 1. The fourth-order valence-electron chi connectivity index (χ4n) is 3.10. The fourth-order valence-corrected chi connectivity index (χ4v) is 3.10. The van der Waals surface area contributed by atoms with E-state index in [1.54, 1.807) is 4.90 Å². The SMILES string of the molecule is O=C(c1c[nH]c(=O)n1Cc1ccccc1)N1CCCCC1CO. The summed E-state index contributed by atoms with van der Waals surface area (Å²) in [6, 6.07) is 9.40. The van der Waals surface area contributed by atoms with Gasteiger partial charge >= 0.3 is 5.69 Å². The number of likely N-dealkylation sites (tertiary alicyclic amines) is 1. The van der Waals surface area contributed by atoms with Crippen LogP contribution in [0, 0.1) is 0 Å². The summed E-state index contributed by atoms with van der Waals surface area (Å²) in [7, 11) is 0. The van der Waals surface area contributed by atoms with E-state index < -0.39 is 0 Å². The molecule has 1 saturated heterocycles. The average Bonchev–Trinajstić information content (AvgIpc) is 2.96. The van der Waals surface area contributed by atoms with Gasteiger partial charge in [0.05, 0.1) is 19.2 Å². The third-order valence-electron chi connectivity index (χ3n) is 4.37. The molecule has 1 fully saturated rings. The Bertz CT molecular complexity index is 720. The molecule has 2 heterocycles. The molecule has 6 heteroatoms. The van der Waals surface area contributed by atoms with Crippen LogP contribution in [0.2, 0.25) is 0 Å².